The summed E-state index contributed by atoms with van der Waals surface area (Å²) in [7, 11) is -3.70. The van der Waals surface area contributed by atoms with E-state index in [9.17, 15) is 8.42 Å². The fourth-order valence-electron chi connectivity index (χ4n) is 3.31. The number of sulfonamides is 1. The van der Waals surface area contributed by atoms with Crippen molar-refractivity contribution in [2.24, 2.45) is 5.73 Å². The van der Waals surface area contributed by atoms with Crippen LogP contribution in [0.2, 0.25) is 0 Å². The summed E-state index contributed by atoms with van der Waals surface area (Å²) >= 11 is 0. The van der Waals surface area contributed by atoms with Gasteiger partial charge in [0.2, 0.25) is 10.0 Å². The maximum atomic E-state index is 13.1. The van der Waals surface area contributed by atoms with Crippen LogP contribution in [-0.4, -0.2) is 14.5 Å². The van der Waals surface area contributed by atoms with Gasteiger partial charge in [-0.25, -0.2) is 13.1 Å². The van der Waals surface area contributed by atoms with Gasteiger partial charge in [-0.05, 0) is 31.0 Å². The zero-order valence-electron chi connectivity index (χ0n) is 17.2. The van der Waals surface area contributed by atoms with Gasteiger partial charge in [-0.1, -0.05) is 78.9 Å². The second-order valence-electron chi connectivity index (χ2n) is 7.48. The Morgan fingerprint density at radius 2 is 1.37 bits per heavy atom. The normalized spacial score (nSPS) is 13.7. The van der Waals surface area contributed by atoms with Crippen molar-refractivity contribution in [3.63, 3.8) is 0 Å². The molecule has 0 amide bonds. The van der Waals surface area contributed by atoms with Gasteiger partial charge in [0.15, 0.2) is 0 Å². The Labute approximate surface area is 178 Å². The van der Waals surface area contributed by atoms with E-state index in [1.807, 2.05) is 86.6 Å². The second kappa shape index (κ2) is 9.89. The fraction of sp³-hybridized carbons (Fsp3) is 0.250. The van der Waals surface area contributed by atoms with E-state index in [1.54, 1.807) is 12.1 Å². The molecule has 3 rings (SSSR count). The molecule has 0 saturated carbocycles. The highest BCUT2D eigenvalue weighted by Gasteiger charge is 2.27. The summed E-state index contributed by atoms with van der Waals surface area (Å²) in [6, 6.07) is 25.0. The summed E-state index contributed by atoms with van der Waals surface area (Å²) in [6.45, 7) is 3.82. The van der Waals surface area contributed by atoms with Gasteiger partial charge in [-0.15, -0.1) is 0 Å². The van der Waals surface area contributed by atoms with Crippen LogP contribution in [-0.2, 0) is 15.8 Å². The third kappa shape index (κ3) is 5.92. The number of hydrogen-bond donors (Lipinski definition) is 2. The summed E-state index contributed by atoms with van der Waals surface area (Å²) in [5.41, 5.74) is 8.79. The van der Waals surface area contributed by atoms with Crippen LogP contribution in [0.15, 0.2) is 84.9 Å². The summed E-state index contributed by atoms with van der Waals surface area (Å²) in [5, 5.41) is 0. The van der Waals surface area contributed by atoms with Crippen LogP contribution in [0.3, 0.4) is 0 Å². The zero-order valence-corrected chi connectivity index (χ0v) is 18.0. The van der Waals surface area contributed by atoms with Crippen molar-refractivity contribution >= 4 is 10.0 Å². The predicted octanol–water partition coefficient (Wildman–Crippen LogP) is 4.33. The minimum Gasteiger partial charge on any atom is -0.491 e. The Bertz CT molecular complexity index is 1040. The average molecular weight is 425 g/mol. The van der Waals surface area contributed by atoms with Crippen LogP contribution in [0.4, 0.5) is 0 Å². The highest BCUT2D eigenvalue weighted by Crippen LogP contribution is 2.29. The number of hydrogen-bond acceptors (Lipinski definition) is 4. The molecule has 0 radical (unpaired) electrons. The molecule has 3 N–H and O–H groups in total. The van der Waals surface area contributed by atoms with Crippen molar-refractivity contribution in [2.75, 3.05) is 0 Å². The smallest absolute Gasteiger partial charge is 0.216 e. The average Bonchev–Trinajstić information content (AvgIpc) is 2.74. The van der Waals surface area contributed by atoms with Gasteiger partial charge >= 0.3 is 0 Å². The van der Waals surface area contributed by atoms with E-state index < -0.39 is 22.1 Å². The zero-order chi connectivity index (χ0) is 21.6. The molecule has 30 heavy (non-hydrogen) atoms. The molecule has 0 saturated heterocycles. The minimum atomic E-state index is -3.70. The topological polar surface area (TPSA) is 81.4 Å². The van der Waals surface area contributed by atoms with Gasteiger partial charge in [0.05, 0.1) is 23.9 Å². The third-order valence-corrected chi connectivity index (χ3v) is 5.99. The molecule has 0 heterocycles. The van der Waals surface area contributed by atoms with Crippen LogP contribution in [0, 0.1) is 0 Å². The van der Waals surface area contributed by atoms with E-state index in [4.69, 9.17) is 10.5 Å². The number of benzene rings is 3. The first-order chi connectivity index (χ1) is 14.4. The molecule has 0 aliphatic carbocycles. The maximum Gasteiger partial charge on any atom is 0.216 e. The van der Waals surface area contributed by atoms with Gasteiger partial charge in [0.1, 0.15) is 5.75 Å². The monoisotopic (exact) mass is 424 g/mol. The van der Waals surface area contributed by atoms with Crippen molar-refractivity contribution in [3.8, 4) is 5.75 Å². The van der Waals surface area contributed by atoms with E-state index >= 15 is 0 Å². The SMILES string of the molecule is CC(C)Oc1ccccc1CS(=O)(=O)NC(c1ccccc1)C(N)c1ccccc1. The van der Waals surface area contributed by atoms with Gasteiger partial charge in [0.25, 0.3) is 0 Å². The van der Waals surface area contributed by atoms with Gasteiger partial charge < -0.3 is 10.5 Å². The first kappa shape index (κ1) is 22.0. The Hall–Kier alpha value is -2.67. The molecule has 0 bridgehead atoms. The van der Waals surface area contributed by atoms with Crippen LogP contribution >= 0.6 is 0 Å². The predicted molar refractivity (Wildman–Crippen MR) is 121 cm³/mol. The van der Waals surface area contributed by atoms with Gasteiger partial charge in [-0.2, -0.15) is 0 Å². The van der Waals surface area contributed by atoms with Crippen molar-refractivity contribution in [3.05, 3.63) is 102 Å². The fourth-order valence-corrected chi connectivity index (χ4v) is 4.71. The Morgan fingerprint density at radius 1 is 0.833 bits per heavy atom. The van der Waals surface area contributed by atoms with Gasteiger partial charge in [0, 0.05) is 5.56 Å². The lowest BCUT2D eigenvalue weighted by molar-refractivity contribution is 0.240. The first-order valence-corrected chi connectivity index (χ1v) is 11.6. The molecule has 5 nitrogen and oxygen atoms in total. The van der Waals surface area contributed by atoms with E-state index in [2.05, 4.69) is 4.72 Å². The Morgan fingerprint density at radius 3 is 1.97 bits per heavy atom. The van der Waals surface area contributed by atoms with Crippen LogP contribution in [0.1, 0.15) is 42.6 Å². The van der Waals surface area contributed by atoms with Crippen LogP contribution in [0.25, 0.3) is 0 Å². The first-order valence-electron chi connectivity index (χ1n) is 9.96. The number of nitrogens with one attached hydrogen (secondary N) is 1. The molecular formula is C24H28N2O3S. The maximum absolute atomic E-state index is 13.1. The molecule has 0 spiro atoms. The molecular weight excluding hydrogens is 396 g/mol. The lowest BCUT2D eigenvalue weighted by atomic mass is 9.95. The van der Waals surface area contributed by atoms with E-state index in [1.165, 1.54) is 0 Å². The molecule has 0 aromatic heterocycles. The van der Waals surface area contributed by atoms with E-state index in [0.29, 0.717) is 11.3 Å². The summed E-state index contributed by atoms with van der Waals surface area (Å²) in [5.74, 6) is 0.377. The molecule has 0 aliphatic heterocycles. The summed E-state index contributed by atoms with van der Waals surface area (Å²) in [4.78, 5) is 0. The van der Waals surface area contributed by atoms with E-state index in [0.717, 1.165) is 11.1 Å². The molecule has 2 atom stereocenters. The molecule has 6 heteroatoms. The Balaban J connectivity index is 1.89. The molecule has 158 valence electrons. The van der Waals surface area contributed by atoms with Crippen molar-refractivity contribution < 1.29 is 13.2 Å². The number of nitrogens with two attached hydrogens (primary N) is 1. The molecule has 3 aromatic carbocycles. The number of para-hydroxylation sites is 1. The third-order valence-electron chi connectivity index (χ3n) is 4.69. The highest BCUT2D eigenvalue weighted by atomic mass is 32.2. The van der Waals surface area contributed by atoms with Crippen molar-refractivity contribution in [2.45, 2.75) is 37.8 Å². The van der Waals surface area contributed by atoms with Crippen LogP contribution in [0.5, 0.6) is 5.75 Å². The summed E-state index contributed by atoms with van der Waals surface area (Å²) in [6.07, 6.45) is -0.0506. The van der Waals surface area contributed by atoms with Crippen LogP contribution < -0.4 is 15.2 Å². The lowest BCUT2D eigenvalue weighted by Gasteiger charge is -2.26. The molecule has 3 aromatic rings. The molecule has 0 aliphatic rings. The molecule has 0 fully saturated rings. The minimum absolute atomic E-state index is 0.0506. The van der Waals surface area contributed by atoms with E-state index in [-0.39, 0.29) is 11.9 Å². The second-order valence-corrected chi connectivity index (χ2v) is 9.23. The van der Waals surface area contributed by atoms with Gasteiger partial charge in [-0.3, -0.25) is 0 Å². The van der Waals surface area contributed by atoms with Crippen molar-refractivity contribution in [1.82, 2.24) is 4.72 Å². The summed E-state index contributed by atoms with van der Waals surface area (Å²) < 4.78 is 34.9. The molecule has 2 unspecified atom stereocenters. The highest BCUT2D eigenvalue weighted by molar-refractivity contribution is 7.88. The lowest BCUT2D eigenvalue weighted by Crippen LogP contribution is -2.36. The quantitative estimate of drug-likeness (QED) is 0.536. The largest absolute Gasteiger partial charge is 0.491 e. The number of ether oxygens (including phenoxy) is 1. The van der Waals surface area contributed by atoms with Crippen molar-refractivity contribution in [1.29, 1.82) is 0 Å². The Kier molecular flexibility index (Phi) is 7.26. The number of rotatable bonds is 9. The standard InChI is InChI=1S/C24H28N2O3S/c1-18(2)29-22-16-10-9-15-21(22)17-30(27,28)26-24(20-13-7-4-8-14-20)23(25)19-11-5-3-6-12-19/h3-16,18,23-24,26H,17,25H2,1-2H3.